The predicted octanol–water partition coefficient (Wildman–Crippen LogP) is 3.06. The van der Waals surface area contributed by atoms with Crippen LogP contribution in [0, 0.1) is 0 Å². The third-order valence-electron chi connectivity index (χ3n) is 3.75. The Kier molecular flexibility index (Phi) is 4.43. The number of urea groups is 1. The summed E-state index contributed by atoms with van der Waals surface area (Å²) >= 11 is 0. The molecule has 0 spiro atoms. The Balaban J connectivity index is 1.65. The molecule has 5 nitrogen and oxygen atoms in total. The number of imide groups is 1. The summed E-state index contributed by atoms with van der Waals surface area (Å²) in [4.78, 5) is 24.0. The van der Waals surface area contributed by atoms with Crippen molar-refractivity contribution in [3.8, 4) is 0 Å². The highest BCUT2D eigenvalue weighted by Crippen LogP contribution is 2.18. The minimum absolute atomic E-state index is 0.276. The van der Waals surface area contributed by atoms with Crippen molar-refractivity contribution in [1.82, 2.24) is 10.6 Å². The fourth-order valence-electron chi connectivity index (χ4n) is 2.54. The van der Waals surface area contributed by atoms with E-state index in [0.717, 1.165) is 16.3 Å². The molecule has 3 aromatic rings. The molecule has 0 saturated heterocycles. The molecule has 0 aliphatic rings. The standard InChI is InChI=1S/C19H17N3O2/c20-17-11-4-3-10-16(17)18(23)22-19(24)21-12-14-8-5-7-13-6-1-2-9-15(13)14/h1-11H,12,20H2,(H2,21,22,23,24). The van der Waals surface area contributed by atoms with Crippen LogP contribution in [0.15, 0.2) is 66.7 Å². The van der Waals surface area contributed by atoms with E-state index in [-0.39, 0.29) is 5.56 Å². The summed E-state index contributed by atoms with van der Waals surface area (Å²) in [6.07, 6.45) is 0. The highest BCUT2D eigenvalue weighted by atomic mass is 16.2. The van der Waals surface area contributed by atoms with Gasteiger partial charge in [0, 0.05) is 12.2 Å². The van der Waals surface area contributed by atoms with Gasteiger partial charge in [-0.2, -0.15) is 0 Å². The summed E-state index contributed by atoms with van der Waals surface area (Å²) in [5.74, 6) is -0.525. The van der Waals surface area contributed by atoms with Gasteiger partial charge in [0.15, 0.2) is 0 Å². The fourth-order valence-corrected chi connectivity index (χ4v) is 2.54. The summed E-state index contributed by atoms with van der Waals surface area (Å²) in [5, 5.41) is 7.16. The van der Waals surface area contributed by atoms with Crippen molar-refractivity contribution < 1.29 is 9.59 Å². The summed E-state index contributed by atoms with van der Waals surface area (Å²) in [7, 11) is 0. The maximum absolute atomic E-state index is 12.0. The number of benzene rings is 3. The lowest BCUT2D eigenvalue weighted by atomic mass is 10.0. The molecule has 0 heterocycles. The monoisotopic (exact) mass is 319 g/mol. The molecule has 0 radical (unpaired) electrons. The van der Waals surface area contributed by atoms with Crippen molar-refractivity contribution in [2.75, 3.05) is 5.73 Å². The van der Waals surface area contributed by atoms with Crippen LogP contribution in [0.3, 0.4) is 0 Å². The molecule has 3 aromatic carbocycles. The van der Waals surface area contributed by atoms with E-state index in [1.807, 2.05) is 42.5 Å². The molecule has 0 fully saturated rings. The first-order valence-electron chi connectivity index (χ1n) is 7.55. The number of rotatable bonds is 3. The molecule has 0 aromatic heterocycles. The van der Waals surface area contributed by atoms with Gasteiger partial charge in [0.2, 0.25) is 0 Å². The first kappa shape index (κ1) is 15.6. The lowest BCUT2D eigenvalue weighted by molar-refractivity contribution is 0.0965. The van der Waals surface area contributed by atoms with Crippen molar-refractivity contribution in [3.63, 3.8) is 0 Å². The average Bonchev–Trinajstić information content (AvgIpc) is 2.60. The second-order valence-electron chi connectivity index (χ2n) is 5.36. The molecule has 0 bridgehead atoms. The molecule has 0 atom stereocenters. The molecule has 0 aliphatic carbocycles. The van der Waals surface area contributed by atoms with Crippen molar-refractivity contribution in [2.24, 2.45) is 0 Å². The number of anilines is 1. The zero-order chi connectivity index (χ0) is 16.9. The maximum Gasteiger partial charge on any atom is 0.321 e. The molecule has 3 rings (SSSR count). The summed E-state index contributed by atoms with van der Waals surface area (Å²) < 4.78 is 0. The van der Waals surface area contributed by atoms with Crippen molar-refractivity contribution in [1.29, 1.82) is 0 Å². The first-order valence-corrected chi connectivity index (χ1v) is 7.55. The third kappa shape index (κ3) is 3.35. The Hall–Kier alpha value is -3.34. The van der Waals surface area contributed by atoms with Crippen LogP contribution in [-0.2, 0) is 6.54 Å². The number of para-hydroxylation sites is 1. The molecule has 3 amide bonds. The third-order valence-corrected chi connectivity index (χ3v) is 3.75. The van der Waals surface area contributed by atoms with Crippen LogP contribution in [-0.4, -0.2) is 11.9 Å². The largest absolute Gasteiger partial charge is 0.398 e. The highest BCUT2D eigenvalue weighted by molar-refractivity contribution is 6.07. The van der Waals surface area contributed by atoms with Crippen molar-refractivity contribution in [2.45, 2.75) is 6.54 Å². The van der Waals surface area contributed by atoms with Gasteiger partial charge in [-0.1, -0.05) is 54.6 Å². The fraction of sp³-hybridized carbons (Fsp3) is 0.0526. The topological polar surface area (TPSA) is 84.2 Å². The van der Waals surface area contributed by atoms with Crippen LogP contribution in [0.4, 0.5) is 10.5 Å². The average molecular weight is 319 g/mol. The number of carbonyl (C=O) groups excluding carboxylic acids is 2. The zero-order valence-electron chi connectivity index (χ0n) is 13.0. The normalized spacial score (nSPS) is 10.3. The van der Waals surface area contributed by atoms with E-state index in [1.165, 1.54) is 0 Å². The number of hydrogen-bond acceptors (Lipinski definition) is 3. The van der Waals surface area contributed by atoms with E-state index >= 15 is 0 Å². The van der Waals surface area contributed by atoms with Crippen LogP contribution in [0.1, 0.15) is 15.9 Å². The van der Waals surface area contributed by atoms with Gasteiger partial charge in [0.05, 0.1) is 5.56 Å². The van der Waals surface area contributed by atoms with Gasteiger partial charge in [-0.15, -0.1) is 0 Å². The van der Waals surface area contributed by atoms with E-state index in [4.69, 9.17) is 5.73 Å². The van der Waals surface area contributed by atoms with Gasteiger partial charge in [0.1, 0.15) is 0 Å². The van der Waals surface area contributed by atoms with Crippen LogP contribution in [0.2, 0.25) is 0 Å². The molecular formula is C19H17N3O2. The lowest BCUT2D eigenvalue weighted by Gasteiger charge is -2.10. The van der Waals surface area contributed by atoms with Crippen molar-refractivity contribution in [3.05, 3.63) is 77.9 Å². The smallest absolute Gasteiger partial charge is 0.321 e. The SMILES string of the molecule is Nc1ccccc1C(=O)NC(=O)NCc1cccc2ccccc12. The zero-order valence-corrected chi connectivity index (χ0v) is 13.0. The van der Waals surface area contributed by atoms with Crippen LogP contribution < -0.4 is 16.4 Å². The predicted molar refractivity (Wildman–Crippen MR) is 94.5 cm³/mol. The molecule has 0 aliphatic heterocycles. The van der Waals surface area contributed by atoms with Gasteiger partial charge in [-0.25, -0.2) is 4.79 Å². The van der Waals surface area contributed by atoms with E-state index in [2.05, 4.69) is 10.6 Å². The Labute approximate surface area is 139 Å². The van der Waals surface area contributed by atoms with E-state index in [1.54, 1.807) is 24.3 Å². The number of carbonyl (C=O) groups is 2. The van der Waals surface area contributed by atoms with E-state index < -0.39 is 11.9 Å². The number of amides is 3. The number of nitrogens with two attached hydrogens (primary N) is 1. The Morgan fingerprint density at radius 3 is 2.42 bits per heavy atom. The summed E-state index contributed by atoms with van der Waals surface area (Å²) in [6, 6.07) is 19.9. The Morgan fingerprint density at radius 2 is 1.58 bits per heavy atom. The summed E-state index contributed by atoms with van der Waals surface area (Å²) in [5.41, 5.74) is 7.32. The van der Waals surface area contributed by atoms with Crippen LogP contribution in [0.5, 0.6) is 0 Å². The molecule has 0 saturated carbocycles. The van der Waals surface area contributed by atoms with Gasteiger partial charge in [-0.05, 0) is 28.5 Å². The molecule has 24 heavy (non-hydrogen) atoms. The minimum Gasteiger partial charge on any atom is -0.398 e. The number of hydrogen-bond donors (Lipinski definition) is 3. The van der Waals surface area contributed by atoms with Crippen LogP contribution in [0.25, 0.3) is 10.8 Å². The van der Waals surface area contributed by atoms with Crippen molar-refractivity contribution >= 4 is 28.4 Å². The lowest BCUT2D eigenvalue weighted by Crippen LogP contribution is -2.39. The Morgan fingerprint density at radius 1 is 0.875 bits per heavy atom. The number of fused-ring (bicyclic) bond motifs is 1. The van der Waals surface area contributed by atoms with Gasteiger partial charge in [0.25, 0.3) is 5.91 Å². The number of nitrogen functional groups attached to an aromatic ring is 1. The van der Waals surface area contributed by atoms with Crippen LogP contribution >= 0.6 is 0 Å². The quantitative estimate of drug-likeness (QED) is 0.649. The molecule has 4 N–H and O–H groups in total. The van der Waals surface area contributed by atoms with E-state index in [9.17, 15) is 9.59 Å². The first-order chi connectivity index (χ1) is 11.6. The second kappa shape index (κ2) is 6.83. The maximum atomic E-state index is 12.0. The molecule has 120 valence electrons. The van der Waals surface area contributed by atoms with Gasteiger partial charge >= 0.3 is 6.03 Å². The molecule has 5 heteroatoms. The summed E-state index contributed by atoms with van der Waals surface area (Å²) in [6.45, 7) is 0.324. The highest BCUT2D eigenvalue weighted by Gasteiger charge is 2.12. The van der Waals surface area contributed by atoms with Gasteiger partial charge in [-0.3, -0.25) is 10.1 Å². The number of nitrogens with one attached hydrogen (secondary N) is 2. The molecular weight excluding hydrogens is 302 g/mol. The second-order valence-corrected chi connectivity index (χ2v) is 5.36. The minimum atomic E-state index is -0.559. The van der Waals surface area contributed by atoms with E-state index in [0.29, 0.717) is 12.2 Å². The Bertz CT molecular complexity index is 901. The van der Waals surface area contributed by atoms with Gasteiger partial charge < -0.3 is 11.1 Å². The molecule has 0 unspecified atom stereocenters.